The van der Waals surface area contributed by atoms with Gasteiger partial charge in [0.25, 0.3) is 0 Å². The average Bonchev–Trinajstić information content (AvgIpc) is 2.87. The van der Waals surface area contributed by atoms with Crippen LogP contribution in [-0.4, -0.2) is 21.3 Å². The molecule has 0 unspecified atom stereocenters. The number of rotatable bonds is 6. The lowest BCUT2D eigenvalue weighted by Gasteiger charge is -2.25. The van der Waals surface area contributed by atoms with Gasteiger partial charge < -0.3 is 0 Å². The molecule has 0 saturated carbocycles. The van der Waals surface area contributed by atoms with Gasteiger partial charge in [0.2, 0.25) is 0 Å². The number of carbonyl (C=O) groups is 1. The van der Waals surface area contributed by atoms with Gasteiger partial charge in [0, 0.05) is 15.9 Å². The fraction of sp³-hybridized carbons (Fsp3) is 0.0769. The zero-order valence-electron chi connectivity index (χ0n) is 19.4. The lowest BCUT2D eigenvalue weighted by atomic mass is 9.92. The third-order valence-corrected chi connectivity index (χ3v) is 9.38. The van der Waals surface area contributed by atoms with E-state index in [2.05, 4.69) is 5.10 Å². The van der Waals surface area contributed by atoms with Crippen molar-refractivity contribution in [3.63, 3.8) is 0 Å². The summed E-state index contributed by atoms with van der Waals surface area (Å²) in [5.74, 6) is -1.24. The molecule has 1 aliphatic rings. The highest BCUT2D eigenvalue weighted by Crippen LogP contribution is 2.46. The lowest BCUT2D eigenvalue weighted by molar-refractivity contribution is -0.434. The Morgan fingerprint density at radius 3 is 1.28 bits per heavy atom. The van der Waals surface area contributed by atoms with E-state index < -0.39 is 34.1 Å². The zero-order valence-corrected chi connectivity index (χ0v) is 20.3. The highest BCUT2D eigenvalue weighted by Gasteiger charge is 2.44. The van der Waals surface area contributed by atoms with Crippen LogP contribution in [0.3, 0.4) is 0 Å². The second-order valence-electron chi connectivity index (χ2n) is 7.97. The summed E-state index contributed by atoms with van der Waals surface area (Å²) in [5, 5.41) is 30.4. The van der Waals surface area contributed by atoms with Gasteiger partial charge in [-0.1, -0.05) is 91.0 Å². The van der Waals surface area contributed by atoms with Crippen LogP contribution in [0.15, 0.2) is 123 Å². The molecule has 0 radical (unpaired) electrons. The van der Waals surface area contributed by atoms with Gasteiger partial charge in [-0.15, -0.1) is 0 Å². The van der Waals surface area contributed by atoms with Gasteiger partial charge in [-0.25, -0.2) is 0 Å². The summed E-state index contributed by atoms with van der Waals surface area (Å²) >= 11 is 0. The fourth-order valence-corrected chi connectivity index (χ4v) is 7.43. The van der Waals surface area contributed by atoms with E-state index in [1.807, 2.05) is 91.0 Å². The van der Waals surface area contributed by atoms with Crippen LogP contribution in [0.5, 0.6) is 0 Å². The molecule has 0 spiro atoms. The second-order valence-corrected chi connectivity index (χ2v) is 11.0. The number of nitrogens with zero attached hydrogens (tertiary/aromatic N) is 4. The average molecular weight is 500 g/mol. The summed E-state index contributed by atoms with van der Waals surface area (Å²) in [6, 6.07) is 28.7. The molecule has 10 heteroatoms. The Labute approximate surface area is 206 Å². The zero-order chi connectivity index (χ0) is 25.9. The summed E-state index contributed by atoms with van der Waals surface area (Å²) in [4.78, 5) is 39.0. The molecule has 1 aliphatic carbocycles. The molecule has 3 aromatic carbocycles. The lowest BCUT2D eigenvalue weighted by Crippen LogP contribution is -2.29. The molecule has 4 rings (SSSR count). The third kappa shape index (κ3) is 4.21. The second kappa shape index (κ2) is 10.0. The maximum absolute atomic E-state index is 12.6. The highest BCUT2D eigenvalue weighted by atomic mass is 31.2. The molecule has 0 heterocycles. The molecular formula is C26H21N4O5P. The molecule has 36 heavy (non-hydrogen) atoms. The normalized spacial score (nSPS) is 14.1. The molecular weight excluding hydrogens is 479 g/mol. The Morgan fingerprint density at radius 2 is 0.972 bits per heavy atom. The van der Waals surface area contributed by atoms with Crippen molar-refractivity contribution in [1.82, 2.24) is 0 Å². The fourth-order valence-electron chi connectivity index (χ4n) is 4.19. The van der Waals surface area contributed by atoms with Crippen LogP contribution >= 0.6 is 7.05 Å². The summed E-state index contributed by atoms with van der Waals surface area (Å²) in [5.41, 5.74) is -1.93. The predicted molar refractivity (Wildman–Crippen MR) is 139 cm³/mol. The number of benzene rings is 3. The van der Waals surface area contributed by atoms with Gasteiger partial charge in [-0.2, -0.15) is 9.96 Å². The summed E-state index contributed by atoms with van der Waals surface area (Å²) in [6.07, 6.45) is 0. The van der Waals surface area contributed by atoms with Crippen LogP contribution in [0.25, 0.3) is 0 Å². The minimum atomic E-state index is -2.81. The van der Waals surface area contributed by atoms with Crippen molar-refractivity contribution in [1.29, 1.82) is 0 Å². The SMILES string of the molecule is CC1=C([N+](=O)[O-])C(=O)C([N+](=O)[O-])=C(C)C1=NN=P(c1ccccc1)(c1ccccc1)c1ccccc1. The van der Waals surface area contributed by atoms with Crippen molar-refractivity contribution in [2.75, 3.05) is 0 Å². The molecule has 0 N–H and O–H groups in total. The van der Waals surface area contributed by atoms with Gasteiger partial charge in [0.1, 0.15) is 5.71 Å². The van der Waals surface area contributed by atoms with Crippen molar-refractivity contribution in [2.24, 2.45) is 9.96 Å². The van der Waals surface area contributed by atoms with Crippen LogP contribution in [-0.2, 0) is 4.79 Å². The Bertz CT molecular complexity index is 1370. The van der Waals surface area contributed by atoms with E-state index in [-0.39, 0.29) is 16.9 Å². The van der Waals surface area contributed by atoms with E-state index in [9.17, 15) is 25.0 Å². The van der Waals surface area contributed by atoms with Gasteiger partial charge in [0.05, 0.1) is 28.0 Å². The monoisotopic (exact) mass is 500 g/mol. The first kappa shape index (κ1) is 24.6. The molecule has 0 bridgehead atoms. The maximum atomic E-state index is 12.6. The van der Waals surface area contributed by atoms with Crippen molar-refractivity contribution in [3.8, 4) is 0 Å². The van der Waals surface area contributed by atoms with Crippen LogP contribution < -0.4 is 15.9 Å². The van der Waals surface area contributed by atoms with E-state index in [1.54, 1.807) is 0 Å². The van der Waals surface area contributed by atoms with E-state index in [0.29, 0.717) is 0 Å². The number of Topliss-reactive ketones (excluding diaryl/α,β-unsaturated/α-hetero) is 1. The molecule has 0 aliphatic heterocycles. The van der Waals surface area contributed by atoms with Crippen molar-refractivity contribution >= 4 is 34.5 Å². The smallest absolute Gasteiger partial charge is 0.274 e. The topological polar surface area (TPSA) is 128 Å². The summed E-state index contributed by atoms with van der Waals surface area (Å²) < 4.78 is 0. The molecule has 0 saturated heterocycles. The van der Waals surface area contributed by atoms with Crippen LogP contribution in [0.2, 0.25) is 0 Å². The first-order chi connectivity index (χ1) is 17.3. The van der Waals surface area contributed by atoms with Crippen LogP contribution in [0.4, 0.5) is 0 Å². The molecule has 9 nitrogen and oxygen atoms in total. The summed E-state index contributed by atoms with van der Waals surface area (Å²) in [6.45, 7) is 2.72. The van der Waals surface area contributed by atoms with Crippen LogP contribution in [0, 0.1) is 20.2 Å². The van der Waals surface area contributed by atoms with Crippen molar-refractivity contribution in [2.45, 2.75) is 13.8 Å². The first-order valence-electron chi connectivity index (χ1n) is 10.9. The van der Waals surface area contributed by atoms with Crippen molar-refractivity contribution in [3.05, 3.63) is 134 Å². The van der Waals surface area contributed by atoms with E-state index >= 15 is 0 Å². The van der Waals surface area contributed by atoms with E-state index in [0.717, 1.165) is 15.9 Å². The summed E-state index contributed by atoms with van der Waals surface area (Å²) in [7, 11) is -2.81. The van der Waals surface area contributed by atoms with Gasteiger partial charge in [0.15, 0.2) is 0 Å². The quantitative estimate of drug-likeness (QED) is 0.217. The number of nitro groups is 2. The van der Waals surface area contributed by atoms with Gasteiger partial charge in [-0.3, -0.25) is 25.0 Å². The maximum Gasteiger partial charge on any atom is 0.333 e. The minimum absolute atomic E-state index is 0.0554. The molecule has 3 aromatic rings. The van der Waals surface area contributed by atoms with Gasteiger partial charge >= 0.3 is 17.2 Å². The molecule has 0 amide bonds. The predicted octanol–water partition coefficient (Wildman–Crippen LogP) is 4.20. The number of hydrogen-bond acceptors (Lipinski definition) is 6. The van der Waals surface area contributed by atoms with Crippen LogP contribution in [0.1, 0.15) is 13.8 Å². The highest BCUT2D eigenvalue weighted by molar-refractivity contribution is 7.87. The van der Waals surface area contributed by atoms with Crippen molar-refractivity contribution < 1.29 is 14.6 Å². The number of carbonyl (C=O) groups excluding carboxylic acids is 1. The Balaban J connectivity index is 2.15. The number of allylic oxidation sites excluding steroid dienone is 2. The third-order valence-electron chi connectivity index (χ3n) is 5.88. The number of ketones is 1. The Kier molecular flexibility index (Phi) is 6.85. The Morgan fingerprint density at radius 1 is 0.639 bits per heavy atom. The van der Waals surface area contributed by atoms with Gasteiger partial charge in [-0.05, 0) is 13.8 Å². The molecule has 0 fully saturated rings. The molecule has 0 atom stereocenters. The minimum Gasteiger partial charge on any atom is -0.274 e. The van der Waals surface area contributed by atoms with E-state index in [1.165, 1.54) is 13.8 Å². The van der Waals surface area contributed by atoms with E-state index in [4.69, 9.17) is 4.85 Å². The Hall–Kier alpha value is -4.49. The first-order valence-corrected chi connectivity index (χ1v) is 12.6. The molecule has 0 aromatic heterocycles. The largest absolute Gasteiger partial charge is 0.333 e. The molecule has 180 valence electrons. The standard InChI is InChI=1S/C26H21N4O5P/c1-18-23(19(2)25(30(34)35)26(31)24(18)29(32)33)27-28-36(20-12-6-3-7-13-20,21-14-8-4-9-15-21)22-16-10-5-11-17-22/h3-17H,1-2H3. The number of hydrogen-bond donors (Lipinski definition) is 0.